The Labute approximate surface area is 139 Å². The lowest BCUT2D eigenvalue weighted by Gasteiger charge is -2.08. The van der Waals surface area contributed by atoms with Gasteiger partial charge >= 0.3 is 0 Å². The van der Waals surface area contributed by atoms with Gasteiger partial charge in [0.2, 0.25) is 0 Å². The number of aromatic nitrogens is 4. The summed E-state index contributed by atoms with van der Waals surface area (Å²) in [5.74, 6) is 0.686. The Kier molecular flexibility index (Phi) is 3.78. The Morgan fingerprint density at radius 3 is 2.04 bits per heavy atom. The van der Waals surface area contributed by atoms with Crippen molar-refractivity contribution in [3.05, 3.63) is 85.3 Å². The molecule has 4 aromatic rings. The van der Waals surface area contributed by atoms with Crippen molar-refractivity contribution >= 4 is 0 Å². The Balaban J connectivity index is 1.92. The standard InChI is InChI=1S/C20H14N4/c1-2-6-16(7-3-1)20-23-18(15-9-12-21-13-10-15)14-19(24-20)17-8-4-5-11-22-17/h1-14H. The lowest BCUT2D eigenvalue weighted by molar-refractivity contribution is 1.16. The van der Waals surface area contributed by atoms with Gasteiger partial charge in [-0.25, -0.2) is 9.97 Å². The van der Waals surface area contributed by atoms with Gasteiger partial charge in [0.25, 0.3) is 0 Å². The summed E-state index contributed by atoms with van der Waals surface area (Å²) in [6.45, 7) is 0. The first-order chi connectivity index (χ1) is 11.9. The summed E-state index contributed by atoms with van der Waals surface area (Å²) in [6, 6.07) is 21.6. The van der Waals surface area contributed by atoms with E-state index < -0.39 is 0 Å². The maximum Gasteiger partial charge on any atom is 0.160 e. The van der Waals surface area contributed by atoms with Gasteiger partial charge in [0, 0.05) is 29.7 Å². The van der Waals surface area contributed by atoms with Crippen LogP contribution in [-0.2, 0) is 0 Å². The minimum Gasteiger partial charge on any atom is -0.265 e. The van der Waals surface area contributed by atoms with Crippen LogP contribution in [0.25, 0.3) is 34.0 Å². The third-order valence-corrected chi connectivity index (χ3v) is 3.66. The van der Waals surface area contributed by atoms with E-state index in [2.05, 4.69) is 9.97 Å². The van der Waals surface area contributed by atoms with Crippen molar-refractivity contribution in [1.29, 1.82) is 0 Å². The number of rotatable bonds is 3. The topological polar surface area (TPSA) is 51.6 Å². The average molecular weight is 310 g/mol. The summed E-state index contributed by atoms with van der Waals surface area (Å²) in [6.07, 6.45) is 5.30. The Bertz CT molecular complexity index is 799. The monoisotopic (exact) mass is 310 g/mol. The Hall–Kier alpha value is -3.40. The molecule has 0 fully saturated rings. The van der Waals surface area contributed by atoms with Gasteiger partial charge in [0.15, 0.2) is 5.82 Å². The minimum atomic E-state index is 0.686. The predicted molar refractivity (Wildman–Crippen MR) is 93.9 cm³/mol. The molecule has 1 aromatic carbocycles. The molecule has 4 rings (SSSR count). The normalized spacial score (nSPS) is 10.5. The van der Waals surface area contributed by atoms with Crippen LogP contribution in [0.2, 0.25) is 0 Å². The van der Waals surface area contributed by atoms with E-state index in [1.54, 1.807) is 18.6 Å². The van der Waals surface area contributed by atoms with Gasteiger partial charge in [0.05, 0.1) is 17.1 Å². The summed E-state index contributed by atoms with van der Waals surface area (Å²) in [5.41, 5.74) is 4.46. The molecule has 0 atom stereocenters. The van der Waals surface area contributed by atoms with Crippen LogP contribution >= 0.6 is 0 Å². The van der Waals surface area contributed by atoms with Gasteiger partial charge in [0.1, 0.15) is 0 Å². The Morgan fingerprint density at radius 2 is 1.29 bits per heavy atom. The number of hydrogen-bond acceptors (Lipinski definition) is 4. The number of hydrogen-bond donors (Lipinski definition) is 0. The van der Waals surface area contributed by atoms with Crippen LogP contribution in [0.4, 0.5) is 0 Å². The molecule has 0 aliphatic carbocycles. The van der Waals surface area contributed by atoms with E-state index in [9.17, 15) is 0 Å². The van der Waals surface area contributed by atoms with Crippen molar-refractivity contribution in [1.82, 2.24) is 19.9 Å². The van der Waals surface area contributed by atoms with E-state index in [1.807, 2.05) is 66.7 Å². The summed E-state index contributed by atoms with van der Waals surface area (Å²) >= 11 is 0. The smallest absolute Gasteiger partial charge is 0.160 e. The summed E-state index contributed by atoms with van der Waals surface area (Å²) in [7, 11) is 0. The first-order valence-electron chi connectivity index (χ1n) is 7.66. The van der Waals surface area contributed by atoms with E-state index >= 15 is 0 Å². The maximum atomic E-state index is 4.73. The highest BCUT2D eigenvalue weighted by molar-refractivity contribution is 5.69. The van der Waals surface area contributed by atoms with E-state index in [0.29, 0.717) is 5.82 Å². The summed E-state index contributed by atoms with van der Waals surface area (Å²) < 4.78 is 0. The number of nitrogens with zero attached hydrogens (tertiary/aromatic N) is 4. The molecule has 0 bridgehead atoms. The van der Waals surface area contributed by atoms with Crippen molar-refractivity contribution in [3.63, 3.8) is 0 Å². The van der Waals surface area contributed by atoms with Crippen LogP contribution in [0.1, 0.15) is 0 Å². The van der Waals surface area contributed by atoms with Crippen molar-refractivity contribution in [2.24, 2.45) is 0 Å². The average Bonchev–Trinajstić information content (AvgIpc) is 2.70. The molecule has 0 unspecified atom stereocenters. The van der Waals surface area contributed by atoms with Gasteiger partial charge in [-0.1, -0.05) is 36.4 Å². The van der Waals surface area contributed by atoms with E-state index in [0.717, 1.165) is 28.2 Å². The third kappa shape index (κ3) is 2.90. The number of benzene rings is 1. The highest BCUT2D eigenvalue weighted by Crippen LogP contribution is 2.25. The van der Waals surface area contributed by atoms with Crippen LogP contribution in [0.5, 0.6) is 0 Å². The lowest BCUT2D eigenvalue weighted by atomic mass is 10.1. The predicted octanol–water partition coefficient (Wildman–Crippen LogP) is 4.27. The van der Waals surface area contributed by atoms with E-state index in [1.165, 1.54) is 0 Å². The summed E-state index contributed by atoms with van der Waals surface area (Å²) in [5, 5.41) is 0. The van der Waals surface area contributed by atoms with Crippen LogP contribution in [-0.4, -0.2) is 19.9 Å². The molecule has 3 heterocycles. The van der Waals surface area contributed by atoms with Crippen molar-refractivity contribution in [2.75, 3.05) is 0 Å². The zero-order valence-electron chi connectivity index (χ0n) is 12.9. The zero-order chi connectivity index (χ0) is 16.2. The fourth-order valence-corrected chi connectivity index (χ4v) is 2.48. The molecule has 0 saturated carbocycles. The molecule has 0 saturated heterocycles. The molecule has 0 N–H and O–H groups in total. The SMILES string of the molecule is c1ccc(-c2nc(-c3ccncc3)cc(-c3ccccn3)n2)cc1. The second-order valence-corrected chi connectivity index (χ2v) is 5.28. The van der Waals surface area contributed by atoms with Gasteiger partial charge < -0.3 is 0 Å². The first kappa shape index (κ1) is 14.2. The summed E-state index contributed by atoms with van der Waals surface area (Å²) in [4.78, 5) is 17.9. The molecule has 4 heteroatoms. The van der Waals surface area contributed by atoms with Crippen molar-refractivity contribution in [3.8, 4) is 34.0 Å². The molecule has 0 radical (unpaired) electrons. The highest BCUT2D eigenvalue weighted by Gasteiger charge is 2.10. The molecular weight excluding hydrogens is 296 g/mol. The zero-order valence-corrected chi connectivity index (χ0v) is 12.9. The first-order valence-corrected chi connectivity index (χ1v) is 7.66. The van der Waals surface area contributed by atoms with Crippen molar-refractivity contribution < 1.29 is 0 Å². The fourth-order valence-electron chi connectivity index (χ4n) is 2.48. The van der Waals surface area contributed by atoms with E-state index in [-0.39, 0.29) is 0 Å². The molecule has 3 aromatic heterocycles. The molecular formula is C20H14N4. The van der Waals surface area contributed by atoms with Crippen molar-refractivity contribution in [2.45, 2.75) is 0 Å². The molecule has 0 spiro atoms. The van der Waals surface area contributed by atoms with Gasteiger partial charge in [-0.15, -0.1) is 0 Å². The molecule has 24 heavy (non-hydrogen) atoms. The van der Waals surface area contributed by atoms with E-state index in [4.69, 9.17) is 9.97 Å². The molecule has 4 nitrogen and oxygen atoms in total. The quantitative estimate of drug-likeness (QED) is 0.567. The lowest BCUT2D eigenvalue weighted by Crippen LogP contribution is -1.96. The highest BCUT2D eigenvalue weighted by atomic mass is 14.9. The second kappa shape index (κ2) is 6.38. The minimum absolute atomic E-state index is 0.686. The number of pyridine rings is 2. The third-order valence-electron chi connectivity index (χ3n) is 3.66. The second-order valence-electron chi connectivity index (χ2n) is 5.28. The fraction of sp³-hybridized carbons (Fsp3) is 0. The molecule has 114 valence electrons. The van der Waals surface area contributed by atoms with Crippen LogP contribution < -0.4 is 0 Å². The molecule has 0 aliphatic heterocycles. The van der Waals surface area contributed by atoms with Gasteiger partial charge in [-0.2, -0.15) is 0 Å². The molecule has 0 aliphatic rings. The Morgan fingerprint density at radius 1 is 0.542 bits per heavy atom. The molecule has 0 amide bonds. The van der Waals surface area contributed by atoms with Crippen LogP contribution in [0.3, 0.4) is 0 Å². The van der Waals surface area contributed by atoms with Crippen LogP contribution in [0, 0.1) is 0 Å². The van der Waals surface area contributed by atoms with Crippen LogP contribution in [0.15, 0.2) is 85.3 Å². The maximum absolute atomic E-state index is 4.73. The van der Waals surface area contributed by atoms with Gasteiger partial charge in [-0.05, 0) is 30.3 Å². The largest absolute Gasteiger partial charge is 0.265 e. The van der Waals surface area contributed by atoms with Gasteiger partial charge in [-0.3, -0.25) is 9.97 Å².